The second-order valence-electron chi connectivity index (χ2n) is 8.09. The van der Waals surface area contributed by atoms with Crippen molar-refractivity contribution >= 4 is 59.8 Å². The van der Waals surface area contributed by atoms with Crippen LogP contribution in [0, 0.1) is 5.92 Å². The molecule has 1 aliphatic heterocycles. The summed E-state index contributed by atoms with van der Waals surface area (Å²) in [4.78, 5) is 48.5. The number of aliphatic carboxylic acids is 1. The molecule has 0 saturated carbocycles. The van der Waals surface area contributed by atoms with Crippen molar-refractivity contribution in [2.75, 3.05) is 18.9 Å². The quantitative estimate of drug-likeness (QED) is 0.336. The number of benzene rings is 1. The fourth-order valence-electron chi connectivity index (χ4n) is 3.37. The minimum atomic E-state index is -1.98. The third-order valence-corrected chi connectivity index (χ3v) is 5.43. The summed E-state index contributed by atoms with van der Waals surface area (Å²) in [5, 5.41) is 18.1. The van der Waals surface area contributed by atoms with Gasteiger partial charge in [-0.1, -0.05) is 37.0 Å². The third-order valence-electron chi connectivity index (χ3n) is 4.87. The zero-order valence-electron chi connectivity index (χ0n) is 18.4. The van der Waals surface area contributed by atoms with E-state index in [1.807, 2.05) is 13.8 Å². The molecule has 0 unspecified atom stereocenters. The first-order valence-corrected chi connectivity index (χ1v) is 11.0. The Bertz CT molecular complexity index is 918. The van der Waals surface area contributed by atoms with Crippen LogP contribution in [0.25, 0.3) is 0 Å². The normalized spacial score (nSPS) is 18.6. The Morgan fingerprint density at radius 1 is 1.18 bits per heavy atom. The molecule has 1 aromatic rings. The maximum atomic E-state index is 12.6. The van der Waals surface area contributed by atoms with Crippen LogP contribution in [0.2, 0.25) is 10.0 Å². The number of carboxylic acid groups (broad SMARTS) is 1. The highest BCUT2D eigenvalue weighted by Gasteiger charge is 2.57. The number of hydrogen-bond donors (Lipinski definition) is 4. The van der Waals surface area contributed by atoms with Crippen molar-refractivity contribution in [2.45, 2.75) is 44.7 Å². The molecule has 1 aliphatic rings. The molecule has 0 bridgehead atoms. The van der Waals surface area contributed by atoms with Crippen molar-refractivity contribution in [3.63, 3.8) is 0 Å². The second kappa shape index (κ2) is 11.6. The van der Waals surface area contributed by atoms with Gasteiger partial charge in [-0.3, -0.25) is 19.2 Å². The summed E-state index contributed by atoms with van der Waals surface area (Å²) in [5.74, 6) is -4.03. The molecule has 13 heteroatoms. The third kappa shape index (κ3) is 7.51. The maximum absolute atomic E-state index is 12.6. The van der Waals surface area contributed by atoms with Crippen LogP contribution in [0.3, 0.4) is 0 Å². The highest BCUT2D eigenvalue weighted by Crippen LogP contribution is 2.32. The fraction of sp³-hybridized carbons (Fsp3) is 0.500. The minimum Gasteiger partial charge on any atom is -0.506 e. The zero-order chi connectivity index (χ0) is 24.8. The lowest BCUT2D eigenvalue weighted by Gasteiger charge is -2.25. The van der Waals surface area contributed by atoms with E-state index in [1.54, 1.807) is 18.2 Å². The monoisotopic (exact) mass is 501 g/mol. The molecule has 0 radical (unpaired) electrons. The first-order valence-electron chi connectivity index (χ1n) is 10.3. The van der Waals surface area contributed by atoms with Gasteiger partial charge in [0.1, 0.15) is 0 Å². The van der Waals surface area contributed by atoms with Gasteiger partial charge in [-0.05, 0) is 30.5 Å². The summed E-state index contributed by atoms with van der Waals surface area (Å²) < 4.78 is 11.0. The van der Waals surface area contributed by atoms with E-state index in [1.165, 1.54) is 7.05 Å². The molecule has 33 heavy (non-hydrogen) atoms. The van der Waals surface area contributed by atoms with Crippen molar-refractivity contribution in [2.24, 2.45) is 5.92 Å². The van der Waals surface area contributed by atoms with E-state index in [9.17, 15) is 24.3 Å². The van der Waals surface area contributed by atoms with Gasteiger partial charge >= 0.3 is 19.1 Å². The van der Waals surface area contributed by atoms with Crippen molar-refractivity contribution in [3.8, 4) is 0 Å². The molecule has 0 aliphatic carbocycles. The summed E-state index contributed by atoms with van der Waals surface area (Å²) in [5.41, 5.74) is -1.52. The maximum Gasteiger partial charge on any atom is 0.552 e. The average Bonchev–Trinajstić information content (AvgIpc) is 3.02. The van der Waals surface area contributed by atoms with Crippen LogP contribution >= 0.6 is 23.2 Å². The van der Waals surface area contributed by atoms with E-state index in [-0.39, 0.29) is 12.5 Å². The van der Waals surface area contributed by atoms with Gasteiger partial charge in [-0.2, -0.15) is 0 Å². The highest BCUT2D eigenvalue weighted by molar-refractivity contribution is 6.51. The molecular weight excluding hydrogens is 476 g/mol. The molecule has 10 nitrogen and oxygen atoms in total. The minimum absolute atomic E-state index is 0.0707. The molecule has 0 spiro atoms. The van der Waals surface area contributed by atoms with Crippen LogP contribution in [0.15, 0.2) is 18.2 Å². The molecule has 1 aromatic carbocycles. The summed E-state index contributed by atoms with van der Waals surface area (Å²) in [6.07, 6.45) is -0.917. The first-order chi connectivity index (χ1) is 15.5. The smallest absolute Gasteiger partial charge is 0.506 e. The van der Waals surface area contributed by atoms with E-state index < -0.39 is 55.3 Å². The Morgan fingerprint density at radius 2 is 1.88 bits per heavy atom. The lowest BCUT2D eigenvalue weighted by molar-refractivity contribution is -0.154. The number of halogens is 2. The number of carbonyl (C=O) groups excluding carboxylic acids is 3. The number of carbonyl (C=O) groups is 4. The lowest BCUT2D eigenvalue weighted by atomic mass is 9.74. The number of anilines is 1. The Hall–Kier alpha value is -2.50. The predicted molar refractivity (Wildman–Crippen MR) is 123 cm³/mol. The topological polar surface area (TPSA) is 143 Å². The van der Waals surface area contributed by atoms with Crippen LogP contribution in [-0.4, -0.2) is 61.1 Å². The number of nitrogens with one attached hydrogen (secondary N) is 3. The lowest BCUT2D eigenvalue weighted by Crippen LogP contribution is -2.51. The fourth-order valence-corrected chi connectivity index (χ4v) is 3.72. The molecule has 2 rings (SSSR count). The van der Waals surface area contributed by atoms with E-state index >= 15 is 0 Å². The molecule has 0 aromatic heterocycles. The van der Waals surface area contributed by atoms with Crippen molar-refractivity contribution in [1.82, 2.24) is 10.6 Å². The Morgan fingerprint density at radius 3 is 2.48 bits per heavy atom. The average molecular weight is 502 g/mol. The number of hydrogen-bond acceptors (Lipinski definition) is 7. The highest BCUT2D eigenvalue weighted by atomic mass is 35.5. The zero-order valence-corrected chi connectivity index (χ0v) is 20.0. The van der Waals surface area contributed by atoms with E-state index in [4.69, 9.17) is 32.5 Å². The van der Waals surface area contributed by atoms with E-state index in [0.717, 1.165) is 0 Å². The van der Waals surface area contributed by atoms with Crippen LogP contribution in [-0.2, 0) is 28.5 Å². The van der Waals surface area contributed by atoms with Crippen molar-refractivity contribution < 1.29 is 33.6 Å². The SMILES string of the molecule is CNC(=O)C[C@]1(CC(=O)O)OB([C@H](CC(C)C)NC(=O)CNc2cc(Cl)ccc2Cl)OC1=O. The van der Waals surface area contributed by atoms with Crippen LogP contribution in [0.4, 0.5) is 5.69 Å². The molecule has 4 N–H and O–H groups in total. The molecule has 2 atom stereocenters. The van der Waals surface area contributed by atoms with Crippen molar-refractivity contribution in [1.29, 1.82) is 0 Å². The van der Waals surface area contributed by atoms with Gasteiger partial charge in [0.25, 0.3) is 0 Å². The number of carboxylic acids is 1. The van der Waals surface area contributed by atoms with Crippen molar-refractivity contribution in [3.05, 3.63) is 28.2 Å². The van der Waals surface area contributed by atoms with Crippen LogP contribution in [0.5, 0.6) is 0 Å². The number of rotatable bonds is 11. The van der Waals surface area contributed by atoms with E-state index in [0.29, 0.717) is 22.2 Å². The Kier molecular flexibility index (Phi) is 9.39. The van der Waals surface area contributed by atoms with Gasteiger partial charge in [-0.25, -0.2) is 0 Å². The summed E-state index contributed by atoms with van der Waals surface area (Å²) >= 11 is 12.0. The van der Waals surface area contributed by atoms with Gasteiger partial charge in [-0.15, -0.1) is 0 Å². The first kappa shape index (κ1) is 26.8. The van der Waals surface area contributed by atoms with Crippen LogP contribution < -0.4 is 16.0 Å². The van der Waals surface area contributed by atoms with Gasteiger partial charge in [0, 0.05) is 12.1 Å². The Balaban J connectivity index is 2.14. The van der Waals surface area contributed by atoms with Gasteiger partial charge in [0.15, 0.2) is 5.60 Å². The standard InChI is InChI=1S/C20H26BCl2N3O7/c1-11(2)6-15(26-17(28)10-25-14-7-12(22)4-5-13(14)23)21-32-19(31)20(33-21,9-18(29)30)8-16(27)24-3/h4-5,7,11,15,25H,6,8-10H2,1-3H3,(H,24,27)(H,26,28)(H,29,30)/t15-,20+/m0/s1. The molecule has 1 saturated heterocycles. The number of amides is 2. The summed E-state index contributed by atoms with van der Waals surface area (Å²) in [6, 6.07) is 4.78. The Labute approximate surface area is 201 Å². The van der Waals surface area contributed by atoms with Gasteiger partial charge < -0.3 is 30.4 Å². The summed E-state index contributed by atoms with van der Waals surface area (Å²) in [7, 11) is 0.0952. The van der Waals surface area contributed by atoms with Crippen LogP contribution in [0.1, 0.15) is 33.1 Å². The largest absolute Gasteiger partial charge is 0.552 e. The van der Waals surface area contributed by atoms with Gasteiger partial charge in [0.05, 0.1) is 36.0 Å². The molecule has 2 amide bonds. The van der Waals surface area contributed by atoms with Gasteiger partial charge in [0.2, 0.25) is 11.8 Å². The molecule has 180 valence electrons. The predicted octanol–water partition coefficient (Wildman–Crippen LogP) is 1.89. The summed E-state index contributed by atoms with van der Waals surface area (Å²) in [6.45, 7) is 3.64. The second-order valence-corrected chi connectivity index (χ2v) is 8.93. The molecular formula is C20H26BCl2N3O7. The molecule has 1 fully saturated rings. The van der Waals surface area contributed by atoms with E-state index in [2.05, 4.69) is 16.0 Å². The molecule has 1 heterocycles.